The van der Waals surface area contributed by atoms with Crippen LogP contribution in [0.4, 0.5) is 0 Å². The van der Waals surface area contributed by atoms with E-state index in [1.807, 2.05) is 72.0 Å². The third-order valence-corrected chi connectivity index (χ3v) is 12.2. The van der Waals surface area contributed by atoms with Gasteiger partial charge in [0.15, 0.2) is 17.5 Å². The molecule has 0 aliphatic carbocycles. The van der Waals surface area contributed by atoms with Gasteiger partial charge in [-0.15, -0.1) is 11.3 Å². The van der Waals surface area contributed by atoms with Gasteiger partial charge in [0, 0.05) is 69.7 Å². The van der Waals surface area contributed by atoms with Crippen LogP contribution in [0.3, 0.4) is 0 Å². The smallest absolute Gasteiger partial charge is 0.164 e. The van der Waals surface area contributed by atoms with E-state index in [9.17, 15) is 0 Å². The Bertz CT molecular complexity index is 3420. The van der Waals surface area contributed by atoms with Crippen molar-refractivity contribution in [3.8, 4) is 51.0 Å². The second kappa shape index (κ2) is 12.6. The van der Waals surface area contributed by atoms with Crippen molar-refractivity contribution in [2.75, 3.05) is 0 Å². The van der Waals surface area contributed by atoms with Gasteiger partial charge >= 0.3 is 0 Å². The van der Waals surface area contributed by atoms with Gasteiger partial charge < -0.3 is 8.98 Å². The van der Waals surface area contributed by atoms with Crippen molar-refractivity contribution in [2.24, 2.45) is 0 Å². The lowest BCUT2D eigenvalue weighted by Gasteiger charge is -2.12. The Hall–Kier alpha value is -7.41. The van der Waals surface area contributed by atoms with E-state index < -0.39 is 0 Å². The van der Waals surface area contributed by atoms with Crippen LogP contribution in [0.1, 0.15) is 0 Å². The van der Waals surface area contributed by atoms with Crippen LogP contribution >= 0.6 is 11.3 Å². The van der Waals surface area contributed by atoms with Gasteiger partial charge in [0.2, 0.25) is 0 Å². The zero-order chi connectivity index (χ0) is 37.5. The molecule has 0 atom stereocenters. The summed E-state index contributed by atoms with van der Waals surface area (Å²) in [5.41, 5.74) is 9.89. The molecule has 0 aliphatic rings. The molecule has 57 heavy (non-hydrogen) atoms. The van der Waals surface area contributed by atoms with Crippen LogP contribution in [0.5, 0.6) is 0 Å². The Morgan fingerprint density at radius 3 is 1.61 bits per heavy atom. The highest BCUT2D eigenvalue weighted by atomic mass is 32.1. The number of thiophene rings is 1. The molecular weight excluding hydrogens is 717 g/mol. The Morgan fingerprint density at radius 1 is 0.386 bits per heavy atom. The largest absolute Gasteiger partial charge is 0.455 e. The van der Waals surface area contributed by atoms with Gasteiger partial charge in [0.1, 0.15) is 11.2 Å². The minimum atomic E-state index is 0.589. The molecule has 0 fully saturated rings. The third-order valence-electron chi connectivity index (χ3n) is 11.0. The predicted octanol–water partition coefficient (Wildman–Crippen LogP) is 13.9. The topological polar surface area (TPSA) is 56.7 Å². The van der Waals surface area contributed by atoms with Crippen molar-refractivity contribution >= 4 is 75.3 Å². The Labute approximate surface area is 330 Å². The zero-order valence-corrected chi connectivity index (χ0v) is 31.2. The van der Waals surface area contributed by atoms with E-state index in [0.29, 0.717) is 17.5 Å². The molecule has 0 saturated carbocycles. The van der Waals surface area contributed by atoms with E-state index in [1.165, 1.54) is 30.9 Å². The lowest BCUT2D eigenvalue weighted by molar-refractivity contribution is 0.670. The molecule has 12 aromatic rings. The standard InChI is InChI=1S/C51H30N4OS/c1-3-13-31(14-4-1)49-52-50(32-15-5-2-6-16-32)54-51(53-49)34-24-25-38-42-30-35(55-43-20-10-7-17-36(43)37-18-8-11-21-44(37)55)29-41(48(42)56-45(38)27-34)33-23-26-40-39-19-9-12-22-46(39)57-47(40)28-33/h1-30H. The molecule has 0 spiro atoms. The number of benzene rings is 8. The molecule has 4 aromatic heterocycles. The van der Waals surface area contributed by atoms with E-state index in [0.717, 1.165) is 66.5 Å². The summed E-state index contributed by atoms with van der Waals surface area (Å²) >= 11 is 1.83. The summed E-state index contributed by atoms with van der Waals surface area (Å²) in [6.07, 6.45) is 0. The number of nitrogens with zero attached hydrogens (tertiary/aromatic N) is 4. The van der Waals surface area contributed by atoms with Crippen LogP contribution in [0.15, 0.2) is 186 Å². The zero-order valence-electron chi connectivity index (χ0n) is 30.4. The first-order chi connectivity index (χ1) is 28.2. The van der Waals surface area contributed by atoms with Crippen LogP contribution in [-0.4, -0.2) is 19.5 Å². The molecule has 0 unspecified atom stereocenters. The first-order valence-corrected chi connectivity index (χ1v) is 19.8. The highest BCUT2D eigenvalue weighted by molar-refractivity contribution is 7.25. The van der Waals surface area contributed by atoms with Crippen LogP contribution in [0.2, 0.25) is 0 Å². The van der Waals surface area contributed by atoms with Crippen molar-refractivity contribution in [1.82, 2.24) is 19.5 Å². The molecule has 0 radical (unpaired) electrons. The van der Waals surface area contributed by atoms with E-state index in [4.69, 9.17) is 19.4 Å². The molecule has 5 nitrogen and oxygen atoms in total. The molecule has 0 N–H and O–H groups in total. The Morgan fingerprint density at radius 2 is 0.930 bits per heavy atom. The SMILES string of the molecule is c1ccc(-c2nc(-c3ccccc3)nc(-c3ccc4c(c3)oc3c(-c5ccc6c(c5)sc5ccccc56)cc(-n5c6ccccc6c6ccccc65)cc34)n2)cc1. The number of para-hydroxylation sites is 2. The molecule has 0 bridgehead atoms. The van der Waals surface area contributed by atoms with E-state index >= 15 is 0 Å². The van der Waals surface area contributed by atoms with Crippen LogP contribution < -0.4 is 0 Å². The normalized spacial score (nSPS) is 11.9. The lowest BCUT2D eigenvalue weighted by atomic mass is 9.99. The maximum atomic E-state index is 6.97. The van der Waals surface area contributed by atoms with E-state index in [1.54, 1.807) is 0 Å². The summed E-state index contributed by atoms with van der Waals surface area (Å²) < 4.78 is 11.9. The van der Waals surface area contributed by atoms with Gasteiger partial charge in [-0.1, -0.05) is 133 Å². The first kappa shape index (κ1) is 31.9. The van der Waals surface area contributed by atoms with Gasteiger partial charge in [-0.05, 0) is 54.1 Å². The number of hydrogen-bond acceptors (Lipinski definition) is 5. The highest BCUT2D eigenvalue weighted by Gasteiger charge is 2.20. The van der Waals surface area contributed by atoms with E-state index in [2.05, 4.69) is 126 Å². The minimum absolute atomic E-state index is 0.589. The highest BCUT2D eigenvalue weighted by Crippen LogP contribution is 2.43. The van der Waals surface area contributed by atoms with Crippen LogP contribution in [0.25, 0.3) is 115 Å². The summed E-state index contributed by atoms with van der Waals surface area (Å²) in [4.78, 5) is 14.9. The lowest BCUT2D eigenvalue weighted by Crippen LogP contribution is -2.00. The molecule has 12 rings (SSSR count). The van der Waals surface area contributed by atoms with Crippen molar-refractivity contribution in [3.05, 3.63) is 182 Å². The van der Waals surface area contributed by atoms with Gasteiger partial charge in [0.25, 0.3) is 0 Å². The molecule has 6 heteroatoms. The summed E-state index contributed by atoms with van der Waals surface area (Å²) in [5.74, 6) is 1.84. The maximum absolute atomic E-state index is 6.97. The number of aromatic nitrogens is 4. The minimum Gasteiger partial charge on any atom is -0.455 e. The summed E-state index contributed by atoms with van der Waals surface area (Å²) in [5, 5.41) is 7.09. The quantitative estimate of drug-likeness (QED) is 0.176. The molecule has 0 saturated heterocycles. The number of furan rings is 1. The molecule has 266 valence electrons. The monoisotopic (exact) mass is 746 g/mol. The second-order valence-electron chi connectivity index (χ2n) is 14.4. The predicted molar refractivity (Wildman–Crippen MR) is 236 cm³/mol. The summed E-state index contributed by atoms with van der Waals surface area (Å²) in [6.45, 7) is 0. The number of rotatable bonds is 5. The van der Waals surface area contributed by atoms with Crippen molar-refractivity contribution in [1.29, 1.82) is 0 Å². The fourth-order valence-electron chi connectivity index (χ4n) is 8.38. The number of fused-ring (bicyclic) bond motifs is 9. The van der Waals surface area contributed by atoms with Crippen molar-refractivity contribution in [3.63, 3.8) is 0 Å². The fraction of sp³-hybridized carbons (Fsp3) is 0. The fourth-order valence-corrected chi connectivity index (χ4v) is 9.52. The van der Waals surface area contributed by atoms with Gasteiger partial charge in [-0.2, -0.15) is 0 Å². The Balaban J connectivity index is 1.10. The molecule has 0 amide bonds. The van der Waals surface area contributed by atoms with Gasteiger partial charge in [0.05, 0.1) is 11.0 Å². The second-order valence-corrected chi connectivity index (χ2v) is 15.5. The summed E-state index contributed by atoms with van der Waals surface area (Å²) in [6, 6.07) is 63.9. The van der Waals surface area contributed by atoms with E-state index in [-0.39, 0.29) is 0 Å². The van der Waals surface area contributed by atoms with Crippen LogP contribution in [0, 0.1) is 0 Å². The van der Waals surface area contributed by atoms with Crippen LogP contribution in [-0.2, 0) is 0 Å². The average molecular weight is 747 g/mol. The first-order valence-electron chi connectivity index (χ1n) is 19.0. The summed E-state index contributed by atoms with van der Waals surface area (Å²) in [7, 11) is 0. The van der Waals surface area contributed by atoms with Crippen molar-refractivity contribution in [2.45, 2.75) is 0 Å². The Kier molecular flexibility index (Phi) is 7.03. The molecule has 8 aromatic carbocycles. The average Bonchev–Trinajstić information content (AvgIpc) is 3.95. The van der Waals surface area contributed by atoms with Gasteiger partial charge in [-0.25, -0.2) is 15.0 Å². The van der Waals surface area contributed by atoms with Crippen molar-refractivity contribution < 1.29 is 4.42 Å². The number of hydrogen-bond donors (Lipinski definition) is 0. The third kappa shape index (κ3) is 5.12. The van der Waals surface area contributed by atoms with Gasteiger partial charge in [-0.3, -0.25) is 0 Å². The molecule has 4 heterocycles. The maximum Gasteiger partial charge on any atom is 0.164 e. The molecule has 0 aliphatic heterocycles. The molecular formula is C51H30N4OS.